The van der Waals surface area contributed by atoms with Crippen molar-refractivity contribution in [2.24, 2.45) is 5.92 Å². The first kappa shape index (κ1) is 18.9. The van der Waals surface area contributed by atoms with E-state index in [4.69, 9.17) is 9.26 Å². The molecule has 22 heavy (non-hydrogen) atoms. The normalized spacial score (nSPS) is 14.1. The van der Waals surface area contributed by atoms with E-state index in [1.54, 1.807) is 0 Å². The molecular weight excluding hydrogens is 299 g/mol. The second-order valence-corrected chi connectivity index (χ2v) is 8.68. The minimum absolute atomic E-state index is 0.141. The van der Waals surface area contributed by atoms with Crippen molar-refractivity contribution in [2.45, 2.75) is 40.2 Å². The minimum atomic E-state index is -2.97. The van der Waals surface area contributed by atoms with Gasteiger partial charge < -0.3 is 9.26 Å². The molecule has 0 fully saturated rings. The Morgan fingerprint density at radius 2 is 1.77 bits per heavy atom. The number of carbonyl (C=O) groups excluding carboxylic acids is 1. The van der Waals surface area contributed by atoms with Crippen LogP contribution in [0.4, 0.5) is 0 Å². The van der Waals surface area contributed by atoms with Gasteiger partial charge in [-0.3, -0.25) is 9.36 Å². The average Bonchev–Trinajstić information content (AvgIpc) is 2.37. The lowest BCUT2D eigenvalue weighted by Gasteiger charge is -2.22. The predicted octanol–water partition coefficient (Wildman–Crippen LogP) is 4.13. The van der Waals surface area contributed by atoms with Crippen LogP contribution >= 0.6 is 7.37 Å². The summed E-state index contributed by atoms with van der Waals surface area (Å²) >= 11 is 0. The third kappa shape index (κ3) is 7.77. The summed E-state index contributed by atoms with van der Waals surface area (Å²) in [6.45, 7) is 7.89. The van der Waals surface area contributed by atoms with Crippen LogP contribution in [0.1, 0.15) is 33.3 Å². The van der Waals surface area contributed by atoms with E-state index < -0.39 is 13.3 Å². The van der Waals surface area contributed by atoms with Crippen molar-refractivity contribution in [1.29, 1.82) is 0 Å². The van der Waals surface area contributed by atoms with Crippen LogP contribution < -0.4 is 0 Å². The van der Waals surface area contributed by atoms with Gasteiger partial charge in [-0.15, -0.1) is 0 Å². The van der Waals surface area contributed by atoms with Crippen LogP contribution in [0.25, 0.3) is 0 Å². The van der Waals surface area contributed by atoms with Crippen molar-refractivity contribution in [3.63, 3.8) is 0 Å². The van der Waals surface area contributed by atoms with Gasteiger partial charge in [0.15, 0.2) is 0 Å². The molecule has 5 heteroatoms. The zero-order chi connectivity index (χ0) is 16.6. The summed E-state index contributed by atoms with van der Waals surface area (Å²) in [5, 5.41) is 0. The van der Waals surface area contributed by atoms with E-state index in [1.165, 1.54) is 0 Å². The molecule has 124 valence electrons. The summed E-state index contributed by atoms with van der Waals surface area (Å²) in [7, 11) is -2.97. The molecule has 0 aromatic heterocycles. The van der Waals surface area contributed by atoms with Crippen molar-refractivity contribution < 1.29 is 18.6 Å². The van der Waals surface area contributed by atoms with Gasteiger partial charge in [0, 0.05) is 12.6 Å². The van der Waals surface area contributed by atoms with Gasteiger partial charge in [0.2, 0.25) is 7.37 Å². The summed E-state index contributed by atoms with van der Waals surface area (Å²) < 4.78 is 23.5. The molecule has 1 rings (SSSR count). The Bertz CT molecular complexity index is 483. The minimum Gasteiger partial charge on any atom is -0.465 e. The first-order valence-corrected chi connectivity index (χ1v) is 9.76. The van der Waals surface area contributed by atoms with E-state index in [9.17, 15) is 9.36 Å². The van der Waals surface area contributed by atoms with Crippen molar-refractivity contribution in [2.75, 3.05) is 18.9 Å². The van der Waals surface area contributed by atoms with Crippen LogP contribution in [0.3, 0.4) is 0 Å². The standard InChI is InChI=1S/C17H27O4P/c1-14(2)12-22(19,21-15(3)4)13-17(18)20-11-10-16-8-6-5-7-9-16/h5-9,14-15H,10-13H2,1-4H3. The van der Waals surface area contributed by atoms with Crippen LogP contribution in [0.2, 0.25) is 0 Å². The van der Waals surface area contributed by atoms with Crippen LogP contribution in [-0.4, -0.2) is 31.0 Å². The van der Waals surface area contributed by atoms with Gasteiger partial charge in [-0.1, -0.05) is 44.2 Å². The molecule has 0 amide bonds. The summed E-state index contributed by atoms with van der Waals surface area (Å²) in [5.41, 5.74) is 1.11. The number of rotatable bonds is 9. The van der Waals surface area contributed by atoms with Gasteiger partial charge in [0.25, 0.3) is 0 Å². The Morgan fingerprint density at radius 1 is 1.14 bits per heavy atom. The molecule has 0 heterocycles. The third-order valence-electron chi connectivity index (χ3n) is 2.91. The fourth-order valence-corrected chi connectivity index (χ4v) is 4.91. The van der Waals surface area contributed by atoms with E-state index in [1.807, 2.05) is 58.0 Å². The Balaban J connectivity index is 2.47. The van der Waals surface area contributed by atoms with Crippen molar-refractivity contribution in [3.05, 3.63) is 35.9 Å². The molecule has 0 saturated heterocycles. The van der Waals surface area contributed by atoms with Gasteiger partial charge in [-0.2, -0.15) is 0 Å². The van der Waals surface area contributed by atoms with Gasteiger partial charge in [-0.05, 0) is 25.3 Å². The van der Waals surface area contributed by atoms with E-state index >= 15 is 0 Å². The number of hydrogen-bond acceptors (Lipinski definition) is 4. The predicted molar refractivity (Wildman–Crippen MR) is 89.5 cm³/mol. The number of carbonyl (C=O) groups is 1. The van der Waals surface area contributed by atoms with Crippen molar-refractivity contribution in [3.8, 4) is 0 Å². The SMILES string of the molecule is CC(C)CP(=O)(CC(=O)OCCc1ccccc1)OC(C)C. The topological polar surface area (TPSA) is 52.6 Å². The highest BCUT2D eigenvalue weighted by Crippen LogP contribution is 2.49. The van der Waals surface area contributed by atoms with E-state index in [-0.39, 0.29) is 18.2 Å². The van der Waals surface area contributed by atoms with E-state index in [2.05, 4.69) is 0 Å². The van der Waals surface area contributed by atoms with Crippen LogP contribution in [-0.2, 0) is 25.0 Å². The summed E-state index contributed by atoms with van der Waals surface area (Å²) in [5.74, 6) is -0.234. The van der Waals surface area contributed by atoms with Crippen molar-refractivity contribution >= 4 is 13.3 Å². The maximum Gasteiger partial charge on any atom is 0.315 e. The Labute approximate surface area is 133 Å². The summed E-state index contributed by atoms with van der Waals surface area (Å²) in [4.78, 5) is 11.9. The van der Waals surface area contributed by atoms with Gasteiger partial charge in [0.05, 0.1) is 12.7 Å². The first-order valence-electron chi connectivity index (χ1n) is 7.77. The average molecular weight is 326 g/mol. The molecule has 0 N–H and O–H groups in total. The molecule has 0 spiro atoms. The zero-order valence-electron chi connectivity index (χ0n) is 14.0. The number of ether oxygens (including phenoxy) is 1. The lowest BCUT2D eigenvalue weighted by Crippen LogP contribution is -2.18. The molecule has 0 saturated carbocycles. The maximum atomic E-state index is 12.8. The fourth-order valence-electron chi connectivity index (χ4n) is 2.26. The zero-order valence-corrected chi connectivity index (χ0v) is 14.8. The Kier molecular flexibility index (Phi) is 7.84. The lowest BCUT2D eigenvalue weighted by molar-refractivity contribution is -0.140. The first-order chi connectivity index (χ1) is 10.3. The maximum absolute atomic E-state index is 12.8. The number of hydrogen-bond donors (Lipinski definition) is 0. The molecule has 0 radical (unpaired) electrons. The van der Waals surface area contributed by atoms with Gasteiger partial charge in [-0.25, -0.2) is 0 Å². The molecule has 4 nitrogen and oxygen atoms in total. The molecule has 1 unspecified atom stereocenters. The van der Waals surface area contributed by atoms with Crippen LogP contribution in [0, 0.1) is 5.92 Å². The summed E-state index contributed by atoms with van der Waals surface area (Å²) in [6.07, 6.45) is 0.755. The quantitative estimate of drug-likeness (QED) is 0.506. The smallest absolute Gasteiger partial charge is 0.315 e. The highest BCUT2D eigenvalue weighted by molar-refractivity contribution is 7.59. The summed E-state index contributed by atoms with van der Waals surface area (Å²) in [6, 6.07) is 9.81. The lowest BCUT2D eigenvalue weighted by atomic mass is 10.2. The Morgan fingerprint density at radius 3 is 2.32 bits per heavy atom. The fraction of sp³-hybridized carbons (Fsp3) is 0.588. The molecule has 1 aromatic carbocycles. The highest BCUT2D eigenvalue weighted by atomic mass is 31.2. The van der Waals surface area contributed by atoms with E-state index in [0.29, 0.717) is 19.2 Å². The molecule has 0 aliphatic heterocycles. The third-order valence-corrected chi connectivity index (χ3v) is 5.75. The number of benzene rings is 1. The second kappa shape index (κ2) is 9.12. The molecule has 0 bridgehead atoms. The van der Waals surface area contributed by atoms with Gasteiger partial charge in [0.1, 0.15) is 6.16 Å². The van der Waals surface area contributed by atoms with Crippen molar-refractivity contribution in [1.82, 2.24) is 0 Å². The molecule has 1 aromatic rings. The van der Waals surface area contributed by atoms with Crippen LogP contribution in [0.5, 0.6) is 0 Å². The molecular formula is C17H27O4P. The number of esters is 1. The molecule has 1 atom stereocenters. The van der Waals surface area contributed by atoms with E-state index in [0.717, 1.165) is 5.56 Å². The van der Waals surface area contributed by atoms with Gasteiger partial charge >= 0.3 is 5.97 Å². The highest BCUT2D eigenvalue weighted by Gasteiger charge is 2.30. The second-order valence-electron chi connectivity index (χ2n) is 6.16. The molecule has 0 aliphatic rings. The largest absolute Gasteiger partial charge is 0.465 e. The van der Waals surface area contributed by atoms with Crippen LogP contribution in [0.15, 0.2) is 30.3 Å². The Hall–Kier alpha value is -1.12. The monoisotopic (exact) mass is 326 g/mol. The molecule has 0 aliphatic carbocycles.